The van der Waals surface area contributed by atoms with Gasteiger partial charge in [0.15, 0.2) is 5.69 Å². The molecule has 2 atom stereocenters. The lowest BCUT2D eigenvalue weighted by Gasteiger charge is -2.17. The molecule has 3 nitrogen and oxygen atoms in total. The molecule has 0 fully saturated rings. The van der Waals surface area contributed by atoms with E-state index in [1.165, 1.54) is 11.1 Å². The summed E-state index contributed by atoms with van der Waals surface area (Å²) >= 11 is 0. The van der Waals surface area contributed by atoms with Crippen LogP contribution in [-0.4, -0.2) is 17.6 Å². The molecule has 2 aromatic carbocycles. The molecule has 0 radical (unpaired) electrons. The molecular formula is C22H21NO2. The molecule has 126 valence electrons. The maximum absolute atomic E-state index is 12.6. The highest BCUT2D eigenvalue weighted by molar-refractivity contribution is 5.95. The van der Waals surface area contributed by atoms with E-state index in [-0.39, 0.29) is 11.9 Å². The van der Waals surface area contributed by atoms with Gasteiger partial charge in [-0.2, -0.15) is 0 Å². The van der Waals surface area contributed by atoms with Gasteiger partial charge < -0.3 is 4.74 Å². The number of carbonyl (C=O) groups is 1. The first kappa shape index (κ1) is 15.8. The number of pyridine rings is 1. The highest BCUT2D eigenvalue weighted by Gasteiger charge is 2.36. The standard InChI is InChI=1S/C22H21NO2/c1-3-25-22(24)21-20-14(2)17(15-9-5-4-6-10-15)13-18(20)16-11-7-8-12-19(16)23-21/h4-12,14,17H,3,13H2,1-2H3/t14-,17-/m1/s1. The van der Waals surface area contributed by atoms with Crippen LogP contribution in [-0.2, 0) is 11.2 Å². The van der Waals surface area contributed by atoms with Gasteiger partial charge in [-0.05, 0) is 47.9 Å². The molecule has 0 unspecified atom stereocenters. The number of hydrogen-bond acceptors (Lipinski definition) is 3. The molecule has 0 bridgehead atoms. The fourth-order valence-corrected chi connectivity index (χ4v) is 4.07. The van der Waals surface area contributed by atoms with Crippen LogP contribution in [0.3, 0.4) is 0 Å². The largest absolute Gasteiger partial charge is 0.461 e. The van der Waals surface area contributed by atoms with Crippen molar-refractivity contribution in [3.05, 3.63) is 77.0 Å². The second-order valence-corrected chi connectivity index (χ2v) is 6.60. The van der Waals surface area contributed by atoms with E-state index in [4.69, 9.17) is 4.74 Å². The zero-order valence-corrected chi connectivity index (χ0v) is 14.5. The minimum absolute atomic E-state index is 0.230. The highest BCUT2D eigenvalue weighted by Crippen LogP contribution is 2.47. The molecule has 0 spiro atoms. The fraction of sp³-hybridized carbons (Fsp3) is 0.273. The quantitative estimate of drug-likeness (QED) is 0.644. The smallest absolute Gasteiger partial charge is 0.357 e. The number of rotatable bonds is 3. The van der Waals surface area contributed by atoms with Crippen molar-refractivity contribution in [2.75, 3.05) is 6.61 Å². The van der Waals surface area contributed by atoms with Gasteiger partial charge >= 0.3 is 5.97 Å². The molecule has 0 amide bonds. The maximum atomic E-state index is 12.6. The number of carbonyl (C=O) groups excluding carboxylic acids is 1. The molecular weight excluding hydrogens is 310 g/mol. The first-order valence-electron chi connectivity index (χ1n) is 8.84. The predicted molar refractivity (Wildman–Crippen MR) is 99.0 cm³/mol. The molecule has 1 aromatic heterocycles. The van der Waals surface area contributed by atoms with Crippen molar-refractivity contribution < 1.29 is 9.53 Å². The van der Waals surface area contributed by atoms with Gasteiger partial charge in [0, 0.05) is 5.39 Å². The molecule has 0 N–H and O–H groups in total. The van der Waals surface area contributed by atoms with E-state index in [0.717, 1.165) is 22.9 Å². The van der Waals surface area contributed by atoms with Gasteiger partial charge in [0.1, 0.15) is 0 Å². The zero-order chi connectivity index (χ0) is 17.4. The van der Waals surface area contributed by atoms with Crippen LogP contribution in [0.1, 0.15) is 52.9 Å². The average Bonchev–Trinajstić information content (AvgIpc) is 3.00. The minimum atomic E-state index is -0.315. The summed E-state index contributed by atoms with van der Waals surface area (Å²) in [5.74, 6) is 0.274. The van der Waals surface area contributed by atoms with E-state index in [0.29, 0.717) is 18.2 Å². The summed E-state index contributed by atoms with van der Waals surface area (Å²) in [4.78, 5) is 17.2. The molecule has 3 aromatic rings. The Morgan fingerprint density at radius 3 is 2.60 bits per heavy atom. The topological polar surface area (TPSA) is 39.2 Å². The molecule has 25 heavy (non-hydrogen) atoms. The Morgan fingerprint density at radius 1 is 1.12 bits per heavy atom. The summed E-state index contributed by atoms with van der Waals surface area (Å²) in [7, 11) is 0. The summed E-state index contributed by atoms with van der Waals surface area (Å²) < 4.78 is 5.29. The van der Waals surface area contributed by atoms with Gasteiger partial charge in [-0.1, -0.05) is 55.5 Å². The molecule has 0 saturated heterocycles. The van der Waals surface area contributed by atoms with Crippen LogP contribution in [0, 0.1) is 0 Å². The third-order valence-corrected chi connectivity index (χ3v) is 5.22. The number of ether oxygens (including phenoxy) is 1. The van der Waals surface area contributed by atoms with E-state index < -0.39 is 0 Å². The Balaban J connectivity index is 1.91. The van der Waals surface area contributed by atoms with E-state index in [9.17, 15) is 4.79 Å². The number of fused-ring (bicyclic) bond motifs is 3. The number of para-hydroxylation sites is 1. The van der Waals surface area contributed by atoms with Gasteiger partial charge in [0.25, 0.3) is 0 Å². The third-order valence-electron chi connectivity index (χ3n) is 5.22. The fourth-order valence-electron chi connectivity index (χ4n) is 4.07. The third kappa shape index (κ3) is 2.60. The Morgan fingerprint density at radius 2 is 1.84 bits per heavy atom. The molecule has 0 saturated carbocycles. The number of hydrogen-bond donors (Lipinski definition) is 0. The molecule has 3 heteroatoms. The van der Waals surface area contributed by atoms with Crippen LogP contribution in [0.15, 0.2) is 54.6 Å². The molecule has 1 heterocycles. The van der Waals surface area contributed by atoms with E-state index in [1.54, 1.807) is 0 Å². The van der Waals surface area contributed by atoms with Crippen molar-refractivity contribution in [2.24, 2.45) is 0 Å². The van der Waals surface area contributed by atoms with Crippen molar-refractivity contribution in [2.45, 2.75) is 32.1 Å². The van der Waals surface area contributed by atoms with Gasteiger partial charge in [0.2, 0.25) is 0 Å². The average molecular weight is 331 g/mol. The van der Waals surface area contributed by atoms with Crippen LogP contribution in [0.25, 0.3) is 10.9 Å². The van der Waals surface area contributed by atoms with Crippen LogP contribution in [0.4, 0.5) is 0 Å². The van der Waals surface area contributed by atoms with Gasteiger partial charge in [-0.3, -0.25) is 0 Å². The lowest BCUT2D eigenvalue weighted by molar-refractivity contribution is 0.0518. The lowest BCUT2D eigenvalue weighted by Crippen LogP contribution is -2.13. The monoisotopic (exact) mass is 331 g/mol. The van der Waals surface area contributed by atoms with E-state index in [2.05, 4.69) is 42.2 Å². The highest BCUT2D eigenvalue weighted by atomic mass is 16.5. The van der Waals surface area contributed by atoms with Crippen LogP contribution >= 0.6 is 0 Å². The Bertz CT molecular complexity index is 933. The summed E-state index contributed by atoms with van der Waals surface area (Å²) in [6.45, 7) is 4.39. The summed E-state index contributed by atoms with van der Waals surface area (Å²) in [5, 5.41) is 1.15. The van der Waals surface area contributed by atoms with Crippen molar-refractivity contribution in [3.8, 4) is 0 Å². The van der Waals surface area contributed by atoms with Crippen LogP contribution in [0.2, 0.25) is 0 Å². The SMILES string of the molecule is CCOC(=O)c1nc2ccccc2c2c1[C@H](C)[C@H](c1ccccc1)C2. The van der Waals surface area contributed by atoms with Crippen molar-refractivity contribution in [1.82, 2.24) is 4.98 Å². The lowest BCUT2D eigenvalue weighted by atomic mass is 9.87. The molecule has 0 aliphatic heterocycles. The molecule has 1 aliphatic rings. The normalized spacial score (nSPS) is 19.0. The minimum Gasteiger partial charge on any atom is -0.461 e. The van der Waals surface area contributed by atoms with Crippen molar-refractivity contribution >= 4 is 16.9 Å². The van der Waals surface area contributed by atoms with Crippen molar-refractivity contribution in [1.29, 1.82) is 0 Å². The molecule has 1 aliphatic carbocycles. The Hall–Kier alpha value is -2.68. The Labute approximate surface area is 147 Å². The first-order chi connectivity index (χ1) is 12.2. The van der Waals surface area contributed by atoms with Crippen molar-refractivity contribution in [3.63, 3.8) is 0 Å². The van der Waals surface area contributed by atoms with E-state index in [1.807, 2.05) is 31.2 Å². The van der Waals surface area contributed by atoms with Gasteiger partial charge in [-0.15, -0.1) is 0 Å². The van der Waals surface area contributed by atoms with E-state index >= 15 is 0 Å². The zero-order valence-electron chi connectivity index (χ0n) is 14.5. The Kier molecular flexibility index (Phi) is 4.00. The summed E-state index contributed by atoms with van der Waals surface area (Å²) in [5.41, 5.74) is 4.97. The maximum Gasteiger partial charge on any atom is 0.357 e. The number of esters is 1. The number of aromatic nitrogens is 1. The second kappa shape index (κ2) is 6.32. The summed E-state index contributed by atoms with van der Waals surface area (Å²) in [6.07, 6.45) is 0.927. The predicted octanol–water partition coefficient (Wildman–Crippen LogP) is 4.85. The number of nitrogens with zero attached hydrogens (tertiary/aromatic N) is 1. The summed E-state index contributed by atoms with van der Waals surface area (Å²) in [6, 6.07) is 18.6. The molecule has 4 rings (SSSR count). The second-order valence-electron chi connectivity index (χ2n) is 6.60. The first-order valence-corrected chi connectivity index (χ1v) is 8.84. The van der Waals surface area contributed by atoms with Crippen LogP contribution in [0.5, 0.6) is 0 Å². The van der Waals surface area contributed by atoms with Gasteiger partial charge in [-0.25, -0.2) is 9.78 Å². The van der Waals surface area contributed by atoms with Gasteiger partial charge in [0.05, 0.1) is 12.1 Å². The number of benzene rings is 2. The van der Waals surface area contributed by atoms with Crippen LogP contribution < -0.4 is 0 Å².